The van der Waals surface area contributed by atoms with Crippen molar-refractivity contribution < 1.29 is 4.79 Å². The molecule has 0 bridgehead atoms. The number of benzene rings is 1. The third kappa shape index (κ3) is 3.24. The van der Waals surface area contributed by atoms with Gasteiger partial charge >= 0.3 is 0 Å². The molecular weight excluding hydrogens is 282 g/mol. The van der Waals surface area contributed by atoms with Crippen molar-refractivity contribution in [2.45, 2.75) is 12.8 Å². The van der Waals surface area contributed by atoms with Gasteiger partial charge in [-0.25, -0.2) is 4.98 Å². The number of amides is 1. The molecular formula is C13H14ClN3OS. The van der Waals surface area contributed by atoms with Crippen LogP contribution in [0.3, 0.4) is 0 Å². The summed E-state index contributed by atoms with van der Waals surface area (Å²) in [5.74, 6) is -0.0980. The summed E-state index contributed by atoms with van der Waals surface area (Å²) in [4.78, 5) is 16.3. The smallest absolute Gasteiger partial charge is 0.254 e. The van der Waals surface area contributed by atoms with Crippen LogP contribution in [-0.2, 0) is 0 Å². The summed E-state index contributed by atoms with van der Waals surface area (Å²) in [6.45, 7) is 2.51. The number of nitrogens with one attached hydrogen (secondary N) is 1. The van der Waals surface area contributed by atoms with Gasteiger partial charge in [0.2, 0.25) is 0 Å². The van der Waals surface area contributed by atoms with Gasteiger partial charge in [0, 0.05) is 29.7 Å². The fraction of sp³-hybridized carbons (Fsp3) is 0.231. The Morgan fingerprint density at radius 3 is 3.00 bits per heavy atom. The van der Waals surface area contributed by atoms with Gasteiger partial charge in [-0.2, -0.15) is 0 Å². The number of thiazole rings is 1. The van der Waals surface area contributed by atoms with Crippen LogP contribution in [0, 0.1) is 0 Å². The van der Waals surface area contributed by atoms with Gasteiger partial charge in [-0.15, -0.1) is 11.3 Å². The van der Waals surface area contributed by atoms with E-state index in [1.807, 2.05) is 12.3 Å². The molecule has 1 amide bonds. The molecule has 3 N–H and O–H groups in total. The van der Waals surface area contributed by atoms with Gasteiger partial charge in [-0.1, -0.05) is 24.6 Å². The first kappa shape index (κ1) is 13.8. The van der Waals surface area contributed by atoms with E-state index in [2.05, 4.69) is 10.3 Å². The van der Waals surface area contributed by atoms with E-state index in [-0.39, 0.29) is 11.8 Å². The van der Waals surface area contributed by atoms with Crippen molar-refractivity contribution in [3.63, 3.8) is 0 Å². The molecule has 1 atom stereocenters. The van der Waals surface area contributed by atoms with E-state index in [0.29, 0.717) is 22.8 Å². The fourth-order valence-corrected chi connectivity index (χ4v) is 2.65. The number of carbonyl (C=O) groups is 1. The van der Waals surface area contributed by atoms with Gasteiger partial charge in [0.25, 0.3) is 5.91 Å². The Bertz CT molecular complexity index is 551. The number of hydrogen-bond acceptors (Lipinski definition) is 4. The first-order valence-electron chi connectivity index (χ1n) is 5.81. The molecule has 1 aromatic carbocycles. The van der Waals surface area contributed by atoms with Crippen molar-refractivity contribution in [1.82, 2.24) is 10.3 Å². The average Bonchev–Trinajstić information content (AvgIpc) is 2.89. The summed E-state index contributed by atoms with van der Waals surface area (Å²) >= 11 is 7.56. The molecule has 1 heterocycles. The van der Waals surface area contributed by atoms with Crippen LogP contribution in [0.4, 0.5) is 5.69 Å². The van der Waals surface area contributed by atoms with E-state index >= 15 is 0 Å². The van der Waals surface area contributed by atoms with Crippen LogP contribution in [0.15, 0.2) is 29.8 Å². The number of anilines is 1. The van der Waals surface area contributed by atoms with Gasteiger partial charge in [0.1, 0.15) is 0 Å². The summed E-state index contributed by atoms with van der Waals surface area (Å²) in [5.41, 5.74) is 6.48. The van der Waals surface area contributed by atoms with Crippen molar-refractivity contribution in [3.8, 4) is 0 Å². The zero-order chi connectivity index (χ0) is 13.8. The molecule has 2 rings (SSSR count). The van der Waals surface area contributed by atoms with Crippen molar-refractivity contribution in [2.24, 2.45) is 0 Å². The Hall–Kier alpha value is -1.59. The lowest BCUT2D eigenvalue weighted by Gasteiger charge is -2.12. The van der Waals surface area contributed by atoms with Crippen molar-refractivity contribution in [3.05, 3.63) is 45.4 Å². The standard InChI is InChI=1S/C13H14ClN3OS/c1-8(13-16-5-6-19-13)7-17-12(18)11-9(14)3-2-4-10(11)15/h2-6,8H,7,15H2,1H3,(H,17,18). The van der Waals surface area contributed by atoms with E-state index in [1.165, 1.54) is 0 Å². The topological polar surface area (TPSA) is 68.0 Å². The number of nitrogen functional groups attached to an aromatic ring is 1. The SMILES string of the molecule is CC(CNC(=O)c1c(N)cccc1Cl)c1nccs1. The minimum absolute atomic E-state index is 0.160. The number of aromatic nitrogens is 1. The van der Waals surface area contributed by atoms with Crippen molar-refractivity contribution in [1.29, 1.82) is 0 Å². The number of nitrogens with two attached hydrogens (primary N) is 1. The third-order valence-electron chi connectivity index (χ3n) is 2.71. The molecule has 1 aromatic heterocycles. The second-order valence-electron chi connectivity index (χ2n) is 4.19. The maximum Gasteiger partial charge on any atom is 0.254 e. The number of rotatable bonds is 4. The Balaban J connectivity index is 2.02. The van der Waals surface area contributed by atoms with Gasteiger partial charge in [0.15, 0.2) is 0 Å². The number of halogens is 1. The summed E-state index contributed by atoms with van der Waals surface area (Å²) in [6, 6.07) is 5.02. The van der Waals surface area contributed by atoms with Crippen LogP contribution in [-0.4, -0.2) is 17.4 Å². The molecule has 0 saturated carbocycles. The lowest BCUT2D eigenvalue weighted by molar-refractivity contribution is 0.0952. The monoisotopic (exact) mass is 295 g/mol. The lowest BCUT2D eigenvalue weighted by Crippen LogP contribution is -2.28. The first-order valence-corrected chi connectivity index (χ1v) is 7.07. The molecule has 0 radical (unpaired) electrons. The van der Waals surface area contributed by atoms with Crippen LogP contribution in [0.2, 0.25) is 5.02 Å². The molecule has 0 aliphatic rings. The van der Waals surface area contributed by atoms with E-state index in [9.17, 15) is 4.79 Å². The molecule has 0 aliphatic carbocycles. The van der Waals surface area contributed by atoms with Crippen LogP contribution in [0.5, 0.6) is 0 Å². The second-order valence-corrected chi connectivity index (χ2v) is 5.52. The minimum Gasteiger partial charge on any atom is -0.398 e. The van der Waals surface area contributed by atoms with Gasteiger partial charge in [0.05, 0.1) is 15.6 Å². The van der Waals surface area contributed by atoms with E-state index in [0.717, 1.165) is 5.01 Å². The van der Waals surface area contributed by atoms with Crippen LogP contribution < -0.4 is 11.1 Å². The predicted molar refractivity (Wildman–Crippen MR) is 78.7 cm³/mol. The fourth-order valence-electron chi connectivity index (χ4n) is 1.68. The second kappa shape index (κ2) is 6.04. The van der Waals surface area contributed by atoms with E-state index in [1.54, 1.807) is 35.7 Å². The molecule has 2 aromatic rings. The highest BCUT2D eigenvalue weighted by Crippen LogP contribution is 2.22. The highest BCUT2D eigenvalue weighted by Gasteiger charge is 2.15. The van der Waals surface area contributed by atoms with Crippen LogP contribution in [0.25, 0.3) is 0 Å². The normalized spacial score (nSPS) is 12.1. The zero-order valence-corrected chi connectivity index (χ0v) is 12.0. The van der Waals surface area contributed by atoms with Gasteiger partial charge in [-0.05, 0) is 12.1 Å². The summed E-state index contributed by atoms with van der Waals surface area (Å²) in [7, 11) is 0. The summed E-state index contributed by atoms with van der Waals surface area (Å²) in [5, 5.41) is 6.10. The predicted octanol–water partition coefficient (Wildman–Crippen LogP) is 2.91. The van der Waals surface area contributed by atoms with Crippen molar-refractivity contribution in [2.75, 3.05) is 12.3 Å². The lowest BCUT2D eigenvalue weighted by atomic mass is 10.1. The molecule has 0 saturated heterocycles. The molecule has 0 aliphatic heterocycles. The maximum absolute atomic E-state index is 12.1. The van der Waals surface area contributed by atoms with Crippen LogP contribution >= 0.6 is 22.9 Å². The maximum atomic E-state index is 12.1. The van der Waals surface area contributed by atoms with Gasteiger partial charge < -0.3 is 11.1 Å². The minimum atomic E-state index is -0.258. The van der Waals surface area contributed by atoms with E-state index < -0.39 is 0 Å². The highest BCUT2D eigenvalue weighted by molar-refractivity contribution is 7.09. The van der Waals surface area contributed by atoms with Gasteiger partial charge in [-0.3, -0.25) is 4.79 Å². The molecule has 4 nitrogen and oxygen atoms in total. The zero-order valence-electron chi connectivity index (χ0n) is 10.4. The number of hydrogen-bond donors (Lipinski definition) is 2. The quantitative estimate of drug-likeness (QED) is 0.852. The largest absolute Gasteiger partial charge is 0.398 e. The number of nitrogens with zero attached hydrogens (tertiary/aromatic N) is 1. The number of carbonyl (C=O) groups excluding carboxylic acids is 1. The first-order chi connectivity index (χ1) is 9.09. The third-order valence-corrected chi connectivity index (χ3v) is 4.04. The molecule has 100 valence electrons. The molecule has 19 heavy (non-hydrogen) atoms. The Morgan fingerprint density at radius 2 is 2.37 bits per heavy atom. The molecule has 6 heteroatoms. The van der Waals surface area contributed by atoms with Crippen molar-refractivity contribution >= 4 is 34.5 Å². The summed E-state index contributed by atoms with van der Waals surface area (Å²) in [6.07, 6.45) is 1.75. The summed E-state index contributed by atoms with van der Waals surface area (Å²) < 4.78 is 0. The molecule has 0 spiro atoms. The molecule has 0 fully saturated rings. The molecule has 1 unspecified atom stereocenters. The van der Waals surface area contributed by atoms with E-state index in [4.69, 9.17) is 17.3 Å². The Morgan fingerprint density at radius 1 is 1.58 bits per heavy atom. The Kier molecular flexibility index (Phi) is 4.39. The van der Waals surface area contributed by atoms with Crippen LogP contribution in [0.1, 0.15) is 28.2 Å². The highest BCUT2D eigenvalue weighted by atomic mass is 35.5. The average molecular weight is 296 g/mol. The Labute approximate surface area is 120 Å².